The third-order valence-electron chi connectivity index (χ3n) is 3.40. The first-order valence-corrected chi connectivity index (χ1v) is 8.59. The van der Waals surface area contributed by atoms with Crippen LogP contribution in [-0.4, -0.2) is 27.7 Å². The number of carbonyl (C=O) groups excluding carboxylic acids is 1. The number of amides is 1. The van der Waals surface area contributed by atoms with Crippen molar-refractivity contribution < 1.29 is 9.00 Å². The summed E-state index contributed by atoms with van der Waals surface area (Å²) in [5.74, 6) is 0.450. The molecule has 4 heteroatoms. The molecule has 1 aromatic rings. The van der Waals surface area contributed by atoms with E-state index >= 15 is 0 Å². The zero-order valence-corrected chi connectivity index (χ0v) is 12.4. The van der Waals surface area contributed by atoms with E-state index in [-0.39, 0.29) is 11.7 Å². The molecular weight excluding hydrogens is 270 g/mol. The second kappa shape index (κ2) is 8.00. The number of hydrogen-bond donors (Lipinski definition) is 1. The van der Waals surface area contributed by atoms with Gasteiger partial charge in [0.25, 0.3) is 0 Å². The number of carbonyl (C=O) groups is 1. The van der Waals surface area contributed by atoms with Gasteiger partial charge in [0.05, 0.1) is 0 Å². The maximum atomic E-state index is 11.8. The van der Waals surface area contributed by atoms with Crippen molar-refractivity contribution in [1.82, 2.24) is 5.32 Å². The van der Waals surface area contributed by atoms with E-state index in [2.05, 4.69) is 5.32 Å². The second-order valence-corrected chi connectivity index (χ2v) is 6.61. The van der Waals surface area contributed by atoms with E-state index in [0.717, 1.165) is 18.4 Å². The first kappa shape index (κ1) is 15.0. The maximum Gasteiger partial charge on any atom is 0.232 e. The molecule has 1 amide bonds. The molecule has 1 aliphatic rings. The summed E-state index contributed by atoms with van der Waals surface area (Å²) in [6, 6.07) is 10.2. The molecule has 0 spiro atoms. The molecule has 0 heterocycles. The summed E-state index contributed by atoms with van der Waals surface area (Å²) in [4.78, 5) is 11.7. The first-order valence-electron chi connectivity index (χ1n) is 7.10. The van der Waals surface area contributed by atoms with E-state index in [9.17, 15) is 9.00 Å². The van der Waals surface area contributed by atoms with Gasteiger partial charge in [-0.25, -0.2) is 0 Å². The molecule has 1 aliphatic carbocycles. The predicted molar refractivity (Wildman–Crippen MR) is 83.8 cm³/mol. The van der Waals surface area contributed by atoms with Gasteiger partial charge in [0.2, 0.25) is 5.91 Å². The topological polar surface area (TPSA) is 46.2 Å². The standard InChI is InChI=1S/C16H21NO2S/c18-16(17-15-10-4-5-11-15)13-20(19)12-6-9-14-7-2-1-3-8-14/h1-3,6-9,15H,4-5,10-13H2,(H,17,18). The summed E-state index contributed by atoms with van der Waals surface area (Å²) in [5, 5.41) is 2.96. The van der Waals surface area contributed by atoms with Gasteiger partial charge in [0, 0.05) is 22.6 Å². The Balaban J connectivity index is 1.69. The van der Waals surface area contributed by atoms with Gasteiger partial charge < -0.3 is 5.32 Å². The van der Waals surface area contributed by atoms with Crippen LogP contribution in [0.4, 0.5) is 0 Å². The number of rotatable bonds is 6. The fourth-order valence-electron chi connectivity index (χ4n) is 2.40. The molecule has 20 heavy (non-hydrogen) atoms. The van der Waals surface area contributed by atoms with Gasteiger partial charge >= 0.3 is 0 Å². The molecule has 3 nitrogen and oxygen atoms in total. The summed E-state index contributed by atoms with van der Waals surface area (Å²) in [5.41, 5.74) is 1.08. The lowest BCUT2D eigenvalue weighted by Gasteiger charge is -2.11. The third-order valence-corrected chi connectivity index (χ3v) is 4.55. The lowest BCUT2D eigenvalue weighted by atomic mass is 10.2. The van der Waals surface area contributed by atoms with Crippen molar-refractivity contribution in [2.75, 3.05) is 11.5 Å². The molecule has 1 fully saturated rings. The molecule has 2 rings (SSSR count). The van der Waals surface area contributed by atoms with Crippen molar-refractivity contribution in [2.24, 2.45) is 0 Å². The Labute approximate surface area is 122 Å². The average molecular weight is 291 g/mol. The van der Waals surface area contributed by atoms with Crippen LogP contribution in [0.2, 0.25) is 0 Å². The number of benzene rings is 1. The molecule has 108 valence electrons. The highest BCUT2D eigenvalue weighted by atomic mass is 32.2. The van der Waals surface area contributed by atoms with E-state index in [4.69, 9.17) is 0 Å². The van der Waals surface area contributed by atoms with Crippen LogP contribution in [0.25, 0.3) is 6.08 Å². The molecular formula is C16H21NO2S. The van der Waals surface area contributed by atoms with E-state index in [1.54, 1.807) is 0 Å². The fraction of sp³-hybridized carbons (Fsp3) is 0.438. The predicted octanol–water partition coefficient (Wildman–Crippen LogP) is 2.51. The third kappa shape index (κ3) is 5.29. The second-order valence-electron chi connectivity index (χ2n) is 5.11. The highest BCUT2D eigenvalue weighted by Gasteiger charge is 2.17. The quantitative estimate of drug-likeness (QED) is 0.875. The van der Waals surface area contributed by atoms with E-state index in [1.165, 1.54) is 12.8 Å². The zero-order valence-electron chi connectivity index (χ0n) is 11.6. The Morgan fingerprint density at radius 2 is 1.95 bits per heavy atom. The van der Waals surface area contributed by atoms with E-state index in [1.807, 2.05) is 42.5 Å². The van der Waals surface area contributed by atoms with Crippen molar-refractivity contribution in [2.45, 2.75) is 31.7 Å². The Hall–Kier alpha value is -1.42. The van der Waals surface area contributed by atoms with Crippen LogP contribution in [0.1, 0.15) is 31.2 Å². The number of nitrogens with one attached hydrogen (secondary N) is 1. The first-order chi connectivity index (χ1) is 9.74. The molecule has 0 bridgehead atoms. The van der Waals surface area contributed by atoms with Crippen LogP contribution in [0.3, 0.4) is 0 Å². The molecule has 0 radical (unpaired) electrons. The molecule has 0 aromatic heterocycles. The fourth-order valence-corrected chi connectivity index (χ4v) is 3.20. The Kier molecular flexibility index (Phi) is 5.99. The Bertz CT molecular complexity index is 479. The van der Waals surface area contributed by atoms with Gasteiger partial charge in [-0.05, 0) is 18.4 Å². The molecule has 1 N–H and O–H groups in total. The summed E-state index contributed by atoms with van der Waals surface area (Å²) < 4.78 is 11.8. The lowest BCUT2D eigenvalue weighted by molar-refractivity contribution is -0.119. The summed E-state index contributed by atoms with van der Waals surface area (Å²) in [6.07, 6.45) is 8.31. The smallest absolute Gasteiger partial charge is 0.232 e. The van der Waals surface area contributed by atoms with Crippen molar-refractivity contribution in [3.05, 3.63) is 42.0 Å². The summed E-state index contributed by atoms with van der Waals surface area (Å²) >= 11 is 0. The molecule has 0 saturated heterocycles. The molecule has 1 atom stereocenters. The number of hydrogen-bond acceptors (Lipinski definition) is 2. The lowest BCUT2D eigenvalue weighted by Crippen LogP contribution is -2.36. The monoisotopic (exact) mass is 291 g/mol. The van der Waals surface area contributed by atoms with E-state index < -0.39 is 10.8 Å². The summed E-state index contributed by atoms with van der Waals surface area (Å²) in [6.45, 7) is 0. The van der Waals surface area contributed by atoms with E-state index in [0.29, 0.717) is 11.8 Å². The Morgan fingerprint density at radius 3 is 2.65 bits per heavy atom. The molecule has 1 aromatic carbocycles. The SMILES string of the molecule is O=C(CS(=O)CC=Cc1ccccc1)NC1CCCC1. The van der Waals surface area contributed by atoms with Gasteiger partial charge in [-0.1, -0.05) is 55.3 Å². The molecule has 1 saturated carbocycles. The summed E-state index contributed by atoms with van der Waals surface area (Å²) in [7, 11) is -1.12. The van der Waals surface area contributed by atoms with Crippen molar-refractivity contribution in [1.29, 1.82) is 0 Å². The van der Waals surface area contributed by atoms with Gasteiger partial charge in [0.1, 0.15) is 5.75 Å². The van der Waals surface area contributed by atoms with Crippen LogP contribution in [0.15, 0.2) is 36.4 Å². The van der Waals surface area contributed by atoms with Gasteiger partial charge in [0.15, 0.2) is 0 Å². The van der Waals surface area contributed by atoms with Crippen molar-refractivity contribution in [3.63, 3.8) is 0 Å². The van der Waals surface area contributed by atoms with Crippen LogP contribution in [0, 0.1) is 0 Å². The molecule has 0 aliphatic heterocycles. The van der Waals surface area contributed by atoms with Gasteiger partial charge in [-0.3, -0.25) is 9.00 Å². The minimum Gasteiger partial charge on any atom is -0.353 e. The minimum atomic E-state index is -1.12. The van der Waals surface area contributed by atoms with Crippen molar-refractivity contribution in [3.8, 4) is 0 Å². The largest absolute Gasteiger partial charge is 0.353 e. The van der Waals surface area contributed by atoms with Crippen molar-refractivity contribution >= 4 is 22.8 Å². The average Bonchev–Trinajstić information content (AvgIpc) is 2.92. The van der Waals surface area contributed by atoms with Gasteiger partial charge in [-0.15, -0.1) is 0 Å². The minimum absolute atomic E-state index is 0.0802. The maximum absolute atomic E-state index is 11.8. The van der Waals surface area contributed by atoms with Crippen LogP contribution in [0.5, 0.6) is 0 Å². The zero-order chi connectivity index (χ0) is 14.2. The molecule has 1 unspecified atom stereocenters. The van der Waals surface area contributed by atoms with Crippen LogP contribution in [-0.2, 0) is 15.6 Å². The Morgan fingerprint density at radius 1 is 1.25 bits per heavy atom. The van der Waals surface area contributed by atoms with Crippen LogP contribution >= 0.6 is 0 Å². The van der Waals surface area contributed by atoms with Gasteiger partial charge in [-0.2, -0.15) is 0 Å². The highest BCUT2D eigenvalue weighted by molar-refractivity contribution is 7.85. The highest BCUT2D eigenvalue weighted by Crippen LogP contribution is 2.17. The normalized spacial score (nSPS) is 17.4. The van der Waals surface area contributed by atoms with Crippen LogP contribution < -0.4 is 5.32 Å².